The summed E-state index contributed by atoms with van der Waals surface area (Å²) in [4.78, 5) is 31.4. The van der Waals surface area contributed by atoms with E-state index in [9.17, 15) is 14.0 Å². The molecule has 1 aromatic carbocycles. The zero-order valence-corrected chi connectivity index (χ0v) is 12.5. The van der Waals surface area contributed by atoms with Crippen molar-refractivity contribution < 1.29 is 18.7 Å². The van der Waals surface area contributed by atoms with E-state index in [4.69, 9.17) is 4.74 Å². The van der Waals surface area contributed by atoms with E-state index < -0.39 is 23.7 Å². The number of nitrogens with zero attached hydrogens (tertiary/aromatic N) is 2. The summed E-state index contributed by atoms with van der Waals surface area (Å²) in [6.45, 7) is 3.24. The Morgan fingerprint density at radius 3 is 2.43 bits per heavy atom. The number of aryl methyl sites for hydroxylation is 1. The summed E-state index contributed by atoms with van der Waals surface area (Å²) >= 11 is 0. The fourth-order valence-corrected chi connectivity index (χ4v) is 1.56. The van der Waals surface area contributed by atoms with Gasteiger partial charge in [0.15, 0.2) is 6.10 Å². The third-order valence-electron chi connectivity index (χ3n) is 2.81. The first-order valence-corrected chi connectivity index (χ1v) is 6.77. The lowest BCUT2D eigenvalue weighted by Crippen LogP contribution is -2.47. The van der Waals surface area contributed by atoms with Gasteiger partial charge >= 0.3 is 0 Å². The van der Waals surface area contributed by atoms with E-state index in [-0.39, 0.29) is 5.69 Å². The molecule has 0 spiro atoms. The molecular formula is C15H15FN4O3. The van der Waals surface area contributed by atoms with Crippen LogP contribution < -0.4 is 15.6 Å². The molecule has 8 heteroatoms. The average Bonchev–Trinajstić information content (AvgIpc) is 2.55. The van der Waals surface area contributed by atoms with Crippen LogP contribution in [0.15, 0.2) is 36.7 Å². The van der Waals surface area contributed by atoms with Gasteiger partial charge in [0.25, 0.3) is 11.8 Å². The van der Waals surface area contributed by atoms with Crippen molar-refractivity contribution >= 4 is 11.8 Å². The van der Waals surface area contributed by atoms with Crippen LogP contribution in [0.25, 0.3) is 0 Å². The van der Waals surface area contributed by atoms with E-state index in [1.54, 1.807) is 6.92 Å². The zero-order valence-electron chi connectivity index (χ0n) is 12.5. The van der Waals surface area contributed by atoms with Gasteiger partial charge in [-0.3, -0.25) is 25.4 Å². The number of nitrogens with one attached hydrogen (secondary N) is 2. The number of rotatable bonds is 4. The molecule has 0 aliphatic rings. The number of carbonyl (C=O) groups is 2. The van der Waals surface area contributed by atoms with Crippen LogP contribution in [0.5, 0.6) is 5.75 Å². The highest BCUT2D eigenvalue weighted by Gasteiger charge is 2.16. The highest BCUT2D eigenvalue weighted by atomic mass is 19.1. The largest absolute Gasteiger partial charge is 0.481 e. The highest BCUT2D eigenvalue weighted by molar-refractivity contribution is 5.93. The van der Waals surface area contributed by atoms with E-state index in [0.29, 0.717) is 11.4 Å². The van der Waals surface area contributed by atoms with Gasteiger partial charge in [-0.1, -0.05) is 0 Å². The van der Waals surface area contributed by atoms with Crippen LogP contribution >= 0.6 is 0 Å². The van der Waals surface area contributed by atoms with Crippen molar-refractivity contribution in [1.29, 1.82) is 0 Å². The van der Waals surface area contributed by atoms with E-state index in [1.807, 2.05) is 0 Å². The lowest BCUT2D eigenvalue weighted by molar-refractivity contribution is -0.128. The Labute approximate surface area is 131 Å². The number of hydrazine groups is 1. The van der Waals surface area contributed by atoms with Crippen molar-refractivity contribution in [2.45, 2.75) is 20.0 Å². The second-order valence-electron chi connectivity index (χ2n) is 4.70. The Morgan fingerprint density at radius 1 is 1.13 bits per heavy atom. The molecule has 0 aliphatic heterocycles. The van der Waals surface area contributed by atoms with Crippen molar-refractivity contribution in [1.82, 2.24) is 20.8 Å². The molecule has 0 aliphatic carbocycles. The maximum Gasteiger partial charge on any atom is 0.289 e. The van der Waals surface area contributed by atoms with Gasteiger partial charge in [0.05, 0.1) is 11.9 Å². The maximum absolute atomic E-state index is 12.8. The second-order valence-corrected chi connectivity index (χ2v) is 4.70. The number of carbonyl (C=O) groups excluding carboxylic acids is 2. The van der Waals surface area contributed by atoms with Crippen molar-refractivity contribution in [3.05, 3.63) is 53.9 Å². The minimum absolute atomic E-state index is 0.0722. The van der Waals surface area contributed by atoms with Crippen molar-refractivity contribution in [2.24, 2.45) is 0 Å². The van der Waals surface area contributed by atoms with E-state index in [1.165, 1.54) is 43.6 Å². The first-order valence-electron chi connectivity index (χ1n) is 6.77. The normalized spacial score (nSPS) is 11.4. The third-order valence-corrected chi connectivity index (χ3v) is 2.81. The molecule has 2 N–H and O–H groups in total. The minimum atomic E-state index is -0.884. The molecule has 0 fully saturated rings. The van der Waals surface area contributed by atoms with E-state index >= 15 is 0 Å². The highest BCUT2D eigenvalue weighted by Crippen LogP contribution is 2.12. The Bertz CT molecular complexity index is 689. The molecule has 2 amide bonds. The van der Waals surface area contributed by atoms with Gasteiger partial charge in [-0.25, -0.2) is 9.37 Å². The summed E-state index contributed by atoms with van der Waals surface area (Å²) in [5.74, 6) is -1.23. The molecule has 2 aromatic rings. The molecule has 23 heavy (non-hydrogen) atoms. The molecule has 0 bridgehead atoms. The molecule has 1 aromatic heterocycles. The number of halogens is 1. The number of benzene rings is 1. The number of hydrogen-bond donors (Lipinski definition) is 2. The summed E-state index contributed by atoms with van der Waals surface area (Å²) in [6, 6.07) is 5.24. The fraction of sp³-hybridized carbons (Fsp3) is 0.200. The molecule has 120 valence electrons. The van der Waals surface area contributed by atoms with Gasteiger partial charge in [-0.15, -0.1) is 0 Å². The third kappa shape index (κ3) is 4.73. The number of amides is 2. The predicted octanol–water partition coefficient (Wildman–Crippen LogP) is 1.15. The fourth-order valence-electron chi connectivity index (χ4n) is 1.56. The Hall–Kier alpha value is -3.03. The SMILES string of the molecule is Cc1cnc(C(=O)NNC(=O)C(C)Oc2ccc(F)cc2)cn1. The van der Waals surface area contributed by atoms with Crippen molar-refractivity contribution in [3.8, 4) is 5.75 Å². The van der Waals surface area contributed by atoms with Crippen LogP contribution in [0.3, 0.4) is 0 Å². The molecule has 0 saturated carbocycles. The molecule has 0 saturated heterocycles. The Kier molecular flexibility index (Phi) is 5.19. The van der Waals surface area contributed by atoms with Gasteiger partial charge < -0.3 is 4.74 Å². The standard InChI is InChI=1S/C15H15FN4O3/c1-9-7-18-13(8-17-9)15(22)20-19-14(21)10(2)23-12-5-3-11(16)4-6-12/h3-8,10H,1-2H3,(H,19,21)(H,20,22). The topological polar surface area (TPSA) is 93.2 Å². The summed E-state index contributed by atoms with van der Waals surface area (Å²) in [7, 11) is 0. The zero-order chi connectivity index (χ0) is 16.8. The first-order chi connectivity index (χ1) is 11.0. The summed E-state index contributed by atoms with van der Waals surface area (Å²) in [5, 5.41) is 0. The monoisotopic (exact) mass is 318 g/mol. The quantitative estimate of drug-likeness (QED) is 0.825. The van der Waals surface area contributed by atoms with Gasteiger partial charge in [-0.05, 0) is 38.1 Å². The first kappa shape index (κ1) is 16.3. The molecule has 2 rings (SSSR count). The van der Waals surface area contributed by atoms with Crippen LogP contribution in [-0.2, 0) is 4.79 Å². The van der Waals surface area contributed by atoms with Gasteiger partial charge in [-0.2, -0.15) is 0 Å². The van der Waals surface area contributed by atoms with Crippen LogP contribution in [0.1, 0.15) is 23.1 Å². The van der Waals surface area contributed by atoms with Crippen LogP contribution in [0.2, 0.25) is 0 Å². The summed E-state index contributed by atoms with van der Waals surface area (Å²) < 4.78 is 18.1. The summed E-state index contributed by atoms with van der Waals surface area (Å²) in [5.41, 5.74) is 5.18. The number of ether oxygens (including phenoxy) is 1. The van der Waals surface area contributed by atoms with Gasteiger partial charge in [0.2, 0.25) is 0 Å². The van der Waals surface area contributed by atoms with Gasteiger partial charge in [0.1, 0.15) is 17.3 Å². The van der Waals surface area contributed by atoms with Gasteiger partial charge in [0, 0.05) is 6.20 Å². The Balaban J connectivity index is 1.84. The summed E-state index contributed by atoms with van der Waals surface area (Å²) in [6.07, 6.45) is 1.86. The van der Waals surface area contributed by atoms with Crippen LogP contribution in [-0.4, -0.2) is 27.9 Å². The molecule has 0 radical (unpaired) electrons. The minimum Gasteiger partial charge on any atom is -0.481 e. The molecule has 1 heterocycles. The van der Waals surface area contributed by atoms with E-state index in [2.05, 4.69) is 20.8 Å². The predicted molar refractivity (Wildman–Crippen MR) is 78.9 cm³/mol. The maximum atomic E-state index is 12.8. The van der Waals surface area contributed by atoms with Crippen LogP contribution in [0.4, 0.5) is 4.39 Å². The van der Waals surface area contributed by atoms with Crippen LogP contribution in [0, 0.1) is 12.7 Å². The molecule has 1 atom stereocenters. The van der Waals surface area contributed by atoms with Crippen molar-refractivity contribution in [3.63, 3.8) is 0 Å². The molecular weight excluding hydrogens is 303 g/mol. The molecule has 1 unspecified atom stereocenters. The van der Waals surface area contributed by atoms with E-state index in [0.717, 1.165) is 0 Å². The lowest BCUT2D eigenvalue weighted by atomic mass is 10.3. The molecule has 7 nitrogen and oxygen atoms in total. The average molecular weight is 318 g/mol. The second kappa shape index (κ2) is 7.30. The smallest absolute Gasteiger partial charge is 0.289 e. The Morgan fingerprint density at radius 2 is 1.83 bits per heavy atom. The lowest BCUT2D eigenvalue weighted by Gasteiger charge is -2.15. The number of aromatic nitrogens is 2. The number of hydrogen-bond acceptors (Lipinski definition) is 5. The van der Waals surface area contributed by atoms with Crippen molar-refractivity contribution in [2.75, 3.05) is 0 Å².